The lowest BCUT2D eigenvalue weighted by Crippen LogP contribution is -2.18. The van der Waals surface area contributed by atoms with Gasteiger partial charge in [0.2, 0.25) is 5.91 Å². The van der Waals surface area contributed by atoms with Gasteiger partial charge >= 0.3 is 0 Å². The van der Waals surface area contributed by atoms with E-state index in [0.29, 0.717) is 5.69 Å². The lowest BCUT2D eigenvalue weighted by atomic mass is 10.1. The molecule has 0 aliphatic carbocycles. The molecule has 1 atom stereocenters. The molecule has 5 heteroatoms. The molecule has 0 aliphatic rings. The van der Waals surface area contributed by atoms with Gasteiger partial charge in [0, 0.05) is 6.20 Å². The topological polar surface area (TPSA) is 42.0 Å². The van der Waals surface area contributed by atoms with E-state index in [2.05, 4.69) is 10.3 Å². The molecule has 0 spiro atoms. The number of alkyl halides is 1. The summed E-state index contributed by atoms with van der Waals surface area (Å²) in [4.78, 5) is 16.0. The highest BCUT2D eigenvalue weighted by Crippen LogP contribution is 2.26. The Bertz CT molecular complexity index is 567. The molecule has 0 aliphatic heterocycles. The Hall–Kier alpha value is -1.58. The number of nitrogens with one attached hydrogen (secondary N) is 1. The van der Waals surface area contributed by atoms with Gasteiger partial charge in [0.25, 0.3) is 0 Å². The number of benzene rings is 1. The molecule has 0 saturated heterocycles. The van der Waals surface area contributed by atoms with Crippen LogP contribution in [-0.2, 0) is 4.79 Å². The summed E-state index contributed by atoms with van der Waals surface area (Å²) in [6.07, 6.45) is 1.59. The maximum Gasteiger partial charge on any atom is 0.247 e. The van der Waals surface area contributed by atoms with Crippen LogP contribution in [0, 0.1) is 6.92 Å². The maximum absolute atomic E-state index is 12.1. The Balaban J connectivity index is 2.18. The second-order valence-corrected chi connectivity index (χ2v) is 4.85. The first-order valence-electron chi connectivity index (χ1n) is 5.70. The van der Waals surface area contributed by atoms with Crippen LogP contribution in [-0.4, -0.2) is 10.9 Å². The number of hydrogen-bond acceptors (Lipinski definition) is 2. The highest BCUT2D eigenvalue weighted by molar-refractivity contribution is 6.35. The molecule has 1 N–H and O–H groups in total. The Labute approximate surface area is 121 Å². The van der Waals surface area contributed by atoms with E-state index < -0.39 is 5.38 Å². The van der Waals surface area contributed by atoms with Crippen molar-refractivity contribution in [2.24, 2.45) is 0 Å². The number of rotatable bonds is 3. The highest BCUT2D eigenvalue weighted by Gasteiger charge is 2.19. The molecule has 1 amide bonds. The molecule has 0 bridgehead atoms. The molecule has 1 heterocycles. The maximum atomic E-state index is 12.1. The summed E-state index contributed by atoms with van der Waals surface area (Å²) < 4.78 is 0. The number of carbonyl (C=O) groups excluding carboxylic acids is 1. The summed E-state index contributed by atoms with van der Waals surface area (Å²) >= 11 is 12.1. The largest absolute Gasteiger partial charge is 0.322 e. The molecular formula is C14H12Cl2N2O. The smallest absolute Gasteiger partial charge is 0.247 e. The summed E-state index contributed by atoms with van der Waals surface area (Å²) in [5.74, 6) is -0.328. The second-order valence-electron chi connectivity index (χ2n) is 4.06. The van der Waals surface area contributed by atoms with Crippen molar-refractivity contribution in [2.45, 2.75) is 12.3 Å². The predicted molar refractivity (Wildman–Crippen MR) is 77.6 cm³/mol. The number of amides is 1. The van der Waals surface area contributed by atoms with Gasteiger partial charge in [-0.15, -0.1) is 11.6 Å². The molecule has 98 valence electrons. The predicted octanol–water partition coefficient (Wildman–Crippen LogP) is 3.96. The fourth-order valence-corrected chi connectivity index (χ4v) is 2.09. The van der Waals surface area contributed by atoms with Crippen LogP contribution >= 0.6 is 23.2 Å². The quantitative estimate of drug-likeness (QED) is 0.688. The van der Waals surface area contributed by atoms with E-state index >= 15 is 0 Å². The number of hydrogen-bond donors (Lipinski definition) is 1. The molecule has 1 aromatic carbocycles. The first-order valence-corrected chi connectivity index (χ1v) is 6.52. The molecule has 1 aromatic heterocycles. The standard InChI is InChI=1S/C14H12Cl2N2O/c1-9-7-8-17-13(16)12(9)18-14(19)11(15)10-5-3-2-4-6-10/h2-8,11H,1H3,(H,18,19). The van der Waals surface area contributed by atoms with Gasteiger partial charge in [0.1, 0.15) is 5.38 Å². The average molecular weight is 295 g/mol. The van der Waals surface area contributed by atoms with Crippen LogP contribution in [0.15, 0.2) is 42.6 Å². The van der Waals surface area contributed by atoms with E-state index in [9.17, 15) is 4.79 Å². The van der Waals surface area contributed by atoms with E-state index in [0.717, 1.165) is 11.1 Å². The van der Waals surface area contributed by atoms with Crippen LogP contribution in [0.2, 0.25) is 5.15 Å². The first-order chi connectivity index (χ1) is 9.09. The number of nitrogens with zero attached hydrogens (tertiary/aromatic N) is 1. The molecule has 2 aromatic rings. The Morgan fingerprint density at radius 1 is 1.26 bits per heavy atom. The highest BCUT2D eigenvalue weighted by atomic mass is 35.5. The monoisotopic (exact) mass is 294 g/mol. The van der Waals surface area contributed by atoms with Crippen molar-refractivity contribution in [3.05, 3.63) is 58.9 Å². The van der Waals surface area contributed by atoms with Gasteiger partial charge in [-0.25, -0.2) is 4.98 Å². The van der Waals surface area contributed by atoms with Crippen molar-refractivity contribution in [2.75, 3.05) is 5.32 Å². The van der Waals surface area contributed by atoms with E-state index in [1.54, 1.807) is 24.4 Å². The Kier molecular flexibility index (Phi) is 4.40. The van der Waals surface area contributed by atoms with Crippen LogP contribution < -0.4 is 5.32 Å². The second kappa shape index (κ2) is 6.04. The number of aryl methyl sites for hydroxylation is 1. The van der Waals surface area contributed by atoms with E-state index in [-0.39, 0.29) is 11.1 Å². The third-order valence-corrected chi connectivity index (χ3v) is 3.42. The lowest BCUT2D eigenvalue weighted by Gasteiger charge is -2.13. The van der Waals surface area contributed by atoms with Gasteiger partial charge in [-0.3, -0.25) is 4.79 Å². The fourth-order valence-electron chi connectivity index (χ4n) is 1.64. The van der Waals surface area contributed by atoms with Crippen LogP contribution in [0.3, 0.4) is 0 Å². The number of aromatic nitrogens is 1. The molecule has 19 heavy (non-hydrogen) atoms. The molecule has 0 fully saturated rings. The average Bonchev–Trinajstić information content (AvgIpc) is 2.43. The zero-order valence-electron chi connectivity index (χ0n) is 10.2. The van der Waals surface area contributed by atoms with E-state index in [4.69, 9.17) is 23.2 Å². The minimum atomic E-state index is -0.767. The van der Waals surface area contributed by atoms with E-state index in [1.807, 2.05) is 25.1 Å². The SMILES string of the molecule is Cc1ccnc(Cl)c1NC(=O)C(Cl)c1ccccc1. The number of halogens is 2. The molecule has 1 unspecified atom stereocenters. The fraction of sp³-hybridized carbons (Fsp3) is 0.143. The summed E-state index contributed by atoms with van der Waals surface area (Å²) in [7, 11) is 0. The lowest BCUT2D eigenvalue weighted by molar-refractivity contribution is -0.116. The minimum absolute atomic E-state index is 0.255. The molecular weight excluding hydrogens is 283 g/mol. The summed E-state index contributed by atoms with van der Waals surface area (Å²) in [6.45, 7) is 1.84. The normalized spacial score (nSPS) is 11.9. The Morgan fingerprint density at radius 3 is 2.58 bits per heavy atom. The summed E-state index contributed by atoms with van der Waals surface area (Å²) in [6, 6.07) is 10.9. The molecule has 0 saturated carbocycles. The summed E-state index contributed by atoms with van der Waals surface area (Å²) in [5, 5.41) is 2.20. The first kappa shape index (κ1) is 13.8. The third-order valence-electron chi connectivity index (χ3n) is 2.68. The van der Waals surface area contributed by atoms with Gasteiger partial charge in [-0.05, 0) is 24.1 Å². The molecule has 2 rings (SSSR count). The van der Waals surface area contributed by atoms with Crippen molar-refractivity contribution >= 4 is 34.8 Å². The van der Waals surface area contributed by atoms with Crippen molar-refractivity contribution < 1.29 is 4.79 Å². The van der Waals surface area contributed by atoms with Crippen molar-refractivity contribution in [3.8, 4) is 0 Å². The van der Waals surface area contributed by atoms with Gasteiger partial charge in [0.05, 0.1) is 5.69 Å². The zero-order chi connectivity index (χ0) is 13.8. The number of carbonyl (C=O) groups is 1. The number of pyridine rings is 1. The molecule has 0 radical (unpaired) electrons. The zero-order valence-corrected chi connectivity index (χ0v) is 11.7. The number of anilines is 1. The third kappa shape index (κ3) is 3.25. The van der Waals surface area contributed by atoms with Crippen molar-refractivity contribution in [3.63, 3.8) is 0 Å². The van der Waals surface area contributed by atoms with Crippen LogP contribution in [0.4, 0.5) is 5.69 Å². The van der Waals surface area contributed by atoms with Gasteiger partial charge < -0.3 is 5.32 Å². The summed E-state index contributed by atoms with van der Waals surface area (Å²) in [5.41, 5.74) is 2.07. The molecule has 3 nitrogen and oxygen atoms in total. The van der Waals surface area contributed by atoms with Crippen LogP contribution in [0.1, 0.15) is 16.5 Å². The Morgan fingerprint density at radius 2 is 1.95 bits per heavy atom. The van der Waals surface area contributed by atoms with Crippen molar-refractivity contribution in [1.29, 1.82) is 0 Å². The van der Waals surface area contributed by atoms with Gasteiger partial charge in [0.15, 0.2) is 5.15 Å². The van der Waals surface area contributed by atoms with Crippen LogP contribution in [0.25, 0.3) is 0 Å². The minimum Gasteiger partial charge on any atom is -0.322 e. The van der Waals surface area contributed by atoms with Gasteiger partial charge in [-0.1, -0.05) is 41.9 Å². The van der Waals surface area contributed by atoms with E-state index in [1.165, 1.54) is 0 Å². The van der Waals surface area contributed by atoms with Crippen molar-refractivity contribution in [1.82, 2.24) is 4.98 Å². The van der Waals surface area contributed by atoms with Crippen LogP contribution in [0.5, 0.6) is 0 Å². The van der Waals surface area contributed by atoms with Gasteiger partial charge in [-0.2, -0.15) is 0 Å².